The highest BCUT2D eigenvalue weighted by atomic mass is 16.5. The number of imidazole rings is 1. The van der Waals surface area contributed by atoms with Gasteiger partial charge >= 0.3 is 0 Å². The minimum Gasteiger partial charge on any atom is -0.378 e. The van der Waals surface area contributed by atoms with E-state index in [1.807, 2.05) is 41.8 Å². The summed E-state index contributed by atoms with van der Waals surface area (Å²) in [6, 6.07) is 12.6. The number of primary amides is 1. The highest BCUT2D eigenvalue weighted by Gasteiger charge is 2.26. The molecule has 1 saturated heterocycles. The number of benzene rings is 2. The number of carbonyl (C=O) groups is 2. The van der Waals surface area contributed by atoms with Gasteiger partial charge in [0.1, 0.15) is 11.9 Å². The normalized spacial score (nSPS) is 14.6. The summed E-state index contributed by atoms with van der Waals surface area (Å²) < 4.78 is 7.23. The van der Waals surface area contributed by atoms with Crippen molar-refractivity contribution < 1.29 is 14.3 Å². The molecule has 0 saturated carbocycles. The number of ether oxygens (including phenoxy) is 1. The fraction of sp³-hybridized carbons (Fsp3) is 0.360. The van der Waals surface area contributed by atoms with Crippen molar-refractivity contribution in [3.8, 4) is 11.4 Å². The maximum absolute atomic E-state index is 13.1. The zero-order valence-corrected chi connectivity index (χ0v) is 19.8. The number of nitrogens with zero attached hydrogens (tertiary/aromatic N) is 4. The molecule has 1 aromatic heterocycles. The summed E-state index contributed by atoms with van der Waals surface area (Å²) in [7, 11) is 0. The summed E-state index contributed by atoms with van der Waals surface area (Å²) in [4.78, 5) is 36.3. The molecule has 1 aliphatic rings. The average Bonchev–Trinajstić information content (AvgIpc) is 3.22. The quantitative estimate of drug-likeness (QED) is 0.254. The monoisotopic (exact) mass is 477 g/mol. The molecular weight excluding hydrogens is 446 g/mol. The van der Waals surface area contributed by atoms with Crippen molar-refractivity contribution in [2.75, 3.05) is 32.8 Å². The Balaban J connectivity index is 1.78. The van der Waals surface area contributed by atoms with Crippen LogP contribution in [0, 0.1) is 6.92 Å². The number of aliphatic imine (C=N–C) groups is 1. The van der Waals surface area contributed by atoms with Gasteiger partial charge in [0, 0.05) is 30.8 Å². The minimum atomic E-state index is -0.662. The molecule has 0 aliphatic carbocycles. The third-order valence-corrected chi connectivity index (χ3v) is 6.08. The van der Waals surface area contributed by atoms with Crippen molar-refractivity contribution in [3.05, 3.63) is 53.6 Å². The third-order valence-electron chi connectivity index (χ3n) is 6.08. The van der Waals surface area contributed by atoms with Crippen LogP contribution in [0.4, 0.5) is 0 Å². The number of aromatic nitrogens is 2. The molecule has 184 valence electrons. The molecule has 0 radical (unpaired) electrons. The maximum Gasteiger partial charge on any atom is 0.254 e. The van der Waals surface area contributed by atoms with Gasteiger partial charge in [0.2, 0.25) is 5.91 Å². The van der Waals surface area contributed by atoms with Crippen molar-refractivity contribution in [1.29, 1.82) is 0 Å². The molecule has 10 nitrogen and oxygen atoms in total. The van der Waals surface area contributed by atoms with E-state index in [4.69, 9.17) is 26.9 Å². The van der Waals surface area contributed by atoms with Crippen LogP contribution in [-0.2, 0) is 9.53 Å². The lowest BCUT2D eigenvalue weighted by molar-refractivity contribution is -0.121. The standard InChI is InChI=1S/C25H31N7O3/c1-16-4-2-5-17(14-16)23-30-19-15-18(24(34)31-10-12-35-13-11-31)7-8-20(19)32(23)21(22(26)33)6-3-9-29-25(27)28/h2,4-5,7-8,14-15,21H,3,6,9-13H2,1H3,(H2,26,33)(H4,27,28,29). The Bertz CT molecular complexity index is 1260. The molecule has 0 bridgehead atoms. The van der Waals surface area contributed by atoms with Crippen LogP contribution in [0.15, 0.2) is 47.5 Å². The Morgan fingerprint density at radius 3 is 2.57 bits per heavy atom. The molecule has 1 atom stereocenters. The Labute approximate surface area is 203 Å². The summed E-state index contributed by atoms with van der Waals surface area (Å²) in [6.45, 7) is 4.55. The molecule has 10 heteroatoms. The maximum atomic E-state index is 13.1. The summed E-state index contributed by atoms with van der Waals surface area (Å²) in [6.07, 6.45) is 0.997. The first-order chi connectivity index (χ1) is 16.8. The van der Waals surface area contributed by atoms with Crippen molar-refractivity contribution in [2.45, 2.75) is 25.8 Å². The summed E-state index contributed by atoms with van der Waals surface area (Å²) >= 11 is 0. The first kappa shape index (κ1) is 24.2. The number of guanidine groups is 1. The molecule has 1 unspecified atom stereocenters. The van der Waals surface area contributed by atoms with Gasteiger partial charge < -0.3 is 31.4 Å². The van der Waals surface area contributed by atoms with Crippen LogP contribution in [0.2, 0.25) is 0 Å². The second-order valence-electron chi connectivity index (χ2n) is 8.65. The molecule has 1 fully saturated rings. The molecule has 2 heterocycles. The molecule has 0 spiro atoms. The first-order valence-electron chi connectivity index (χ1n) is 11.7. The molecule has 4 rings (SSSR count). The minimum absolute atomic E-state index is 0.00613. The molecule has 3 aromatic rings. The third kappa shape index (κ3) is 5.43. The second kappa shape index (κ2) is 10.6. The molecule has 2 aromatic carbocycles. The van der Waals surface area contributed by atoms with Crippen molar-refractivity contribution in [1.82, 2.24) is 14.5 Å². The number of rotatable bonds is 8. The lowest BCUT2D eigenvalue weighted by Gasteiger charge is -2.26. The van der Waals surface area contributed by atoms with Crippen LogP contribution in [0.5, 0.6) is 0 Å². The van der Waals surface area contributed by atoms with Gasteiger partial charge in [-0.2, -0.15) is 0 Å². The van der Waals surface area contributed by atoms with E-state index in [9.17, 15) is 9.59 Å². The summed E-state index contributed by atoms with van der Waals surface area (Å²) in [5.74, 6) is 0.0823. The molecule has 35 heavy (non-hydrogen) atoms. The number of carbonyl (C=O) groups excluding carboxylic acids is 2. The second-order valence-corrected chi connectivity index (χ2v) is 8.65. The number of nitrogens with two attached hydrogens (primary N) is 3. The van der Waals surface area contributed by atoms with Crippen LogP contribution >= 0.6 is 0 Å². The topological polar surface area (TPSA) is 155 Å². The Kier molecular flexibility index (Phi) is 7.31. The highest BCUT2D eigenvalue weighted by molar-refractivity contribution is 5.98. The van der Waals surface area contributed by atoms with E-state index < -0.39 is 11.9 Å². The van der Waals surface area contributed by atoms with Gasteiger partial charge in [-0.05, 0) is 44.0 Å². The summed E-state index contributed by atoms with van der Waals surface area (Å²) in [5.41, 5.74) is 20.5. The fourth-order valence-corrected chi connectivity index (χ4v) is 4.38. The van der Waals surface area contributed by atoms with Crippen molar-refractivity contribution in [2.24, 2.45) is 22.2 Å². The van der Waals surface area contributed by atoms with Gasteiger partial charge in [-0.25, -0.2) is 4.98 Å². The SMILES string of the molecule is Cc1cccc(-c2nc3cc(C(=O)N4CCOCC4)ccc3n2C(CCCN=C(N)N)C(N)=O)c1. The lowest BCUT2D eigenvalue weighted by atomic mass is 10.1. The lowest BCUT2D eigenvalue weighted by Crippen LogP contribution is -2.40. The van der Waals surface area contributed by atoms with E-state index >= 15 is 0 Å². The average molecular weight is 478 g/mol. The van der Waals surface area contributed by atoms with Crippen LogP contribution < -0.4 is 17.2 Å². The Hall–Kier alpha value is -3.92. The fourth-order valence-electron chi connectivity index (χ4n) is 4.38. The van der Waals surface area contributed by atoms with Crippen LogP contribution in [0.1, 0.15) is 34.8 Å². The van der Waals surface area contributed by atoms with E-state index in [0.29, 0.717) is 62.6 Å². The summed E-state index contributed by atoms with van der Waals surface area (Å²) in [5, 5.41) is 0. The number of fused-ring (bicyclic) bond motifs is 1. The Morgan fingerprint density at radius 2 is 1.89 bits per heavy atom. The van der Waals surface area contributed by atoms with Crippen LogP contribution in [-0.4, -0.2) is 65.1 Å². The number of morpholine rings is 1. The Morgan fingerprint density at radius 1 is 1.11 bits per heavy atom. The van der Waals surface area contributed by atoms with Gasteiger partial charge in [0.05, 0.1) is 24.2 Å². The van der Waals surface area contributed by atoms with Crippen LogP contribution in [0.3, 0.4) is 0 Å². The van der Waals surface area contributed by atoms with E-state index in [1.54, 1.807) is 17.0 Å². The van der Waals surface area contributed by atoms with Gasteiger partial charge in [-0.15, -0.1) is 0 Å². The predicted octanol–water partition coefficient (Wildman–Crippen LogP) is 1.56. The van der Waals surface area contributed by atoms with Gasteiger partial charge in [0.15, 0.2) is 5.96 Å². The predicted molar refractivity (Wildman–Crippen MR) is 135 cm³/mol. The highest BCUT2D eigenvalue weighted by Crippen LogP contribution is 2.31. The molecular formula is C25H31N7O3. The van der Waals surface area contributed by atoms with E-state index in [-0.39, 0.29) is 11.9 Å². The molecule has 1 aliphatic heterocycles. The molecule has 2 amide bonds. The van der Waals surface area contributed by atoms with E-state index in [1.165, 1.54) is 0 Å². The van der Waals surface area contributed by atoms with Gasteiger partial charge in [0.25, 0.3) is 5.91 Å². The zero-order valence-electron chi connectivity index (χ0n) is 19.8. The zero-order chi connectivity index (χ0) is 24.9. The first-order valence-corrected chi connectivity index (χ1v) is 11.7. The van der Waals surface area contributed by atoms with Crippen molar-refractivity contribution in [3.63, 3.8) is 0 Å². The number of hydrogen-bond donors (Lipinski definition) is 3. The van der Waals surface area contributed by atoms with E-state index in [2.05, 4.69) is 4.99 Å². The van der Waals surface area contributed by atoms with Crippen molar-refractivity contribution >= 4 is 28.8 Å². The van der Waals surface area contributed by atoms with Gasteiger partial charge in [-0.1, -0.05) is 23.8 Å². The molecule has 6 N–H and O–H groups in total. The van der Waals surface area contributed by atoms with Crippen LogP contribution in [0.25, 0.3) is 22.4 Å². The number of aryl methyl sites for hydroxylation is 1. The number of amides is 2. The smallest absolute Gasteiger partial charge is 0.254 e. The van der Waals surface area contributed by atoms with Gasteiger partial charge in [-0.3, -0.25) is 14.6 Å². The van der Waals surface area contributed by atoms with E-state index in [0.717, 1.165) is 16.6 Å². The largest absolute Gasteiger partial charge is 0.378 e. The number of hydrogen-bond acceptors (Lipinski definition) is 5.